The minimum absolute atomic E-state index is 0.0695. The molecule has 33 heavy (non-hydrogen) atoms. The van der Waals surface area contributed by atoms with E-state index in [4.69, 9.17) is 16.1 Å². The van der Waals surface area contributed by atoms with E-state index in [9.17, 15) is 4.79 Å². The van der Waals surface area contributed by atoms with Crippen LogP contribution < -0.4 is 5.32 Å². The van der Waals surface area contributed by atoms with E-state index in [1.54, 1.807) is 11.8 Å². The molecule has 1 amide bonds. The lowest BCUT2D eigenvalue weighted by Crippen LogP contribution is -2.40. The topological polar surface area (TPSA) is 71.3 Å². The van der Waals surface area contributed by atoms with Gasteiger partial charge in [0.15, 0.2) is 0 Å². The fourth-order valence-corrected chi connectivity index (χ4v) is 5.13. The lowest BCUT2D eigenvalue weighted by atomic mass is 9.96. The molecule has 6 nitrogen and oxygen atoms in total. The molecule has 0 bridgehead atoms. The second-order valence-corrected chi connectivity index (χ2v) is 9.82. The molecule has 8 heteroatoms. The predicted octanol–water partition coefficient (Wildman–Crippen LogP) is 4.96. The van der Waals surface area contributed by atoms with Crippen molar-refractivity contribution in [2.75, 3.05) is 25.4 Å². The standard InChI is InChI=1S/C25H29ClN4O2S/c1-18-6-2-4-8-21(18)24-28-23(32-29-24)16-30-13-10-19(11-14-30)25(31)27-12-15-33-17-20-7-3-5-9-22(20)26/h2-9,19H,10-17H2,1H3,(H,27,31). The summed E-state index contributed by atoms with van der Waals surface area (Å²) in [5.41, 5.74) is 3.25. The van der Waals surface area contributed by atoms with Crippen molar-refractivity contribution in [2.45, 2.75) is 32.1 Å². The number of aromatic nitrogens is 2. The Bertz CT molecular complexity index is 1070. The van der Waals surface area contributed by atoms with Gasteiger partial charge in [0, 0.05) is 34.6 Å². The van der Waals surface area contributed by atoms with Crippen molar-refractivity contribution in [2.24, 2.45) is 5.92 Å². The maximum atomic E-state index is 12.5. The molecule has 1 saturated heterocycles. The first-order chi connectivity index (χ1) is 16.1. The molecule has 1 aromatic heterocycles. The molecular weight excluding hydrogens is 456 g/mol. The molecular formula is C25H29ClN4O2S. The first-order valence-electron chi connectivity index (χ1n) is 11.3. The van der Waals surface area contributed by atoms with E-state index in [1.807, 2.05) is 55.5 Å². The second-order valence-electron chi connectivity index (χ2n) is 8.31. The number of aryl methyl sites for hydroxylation is 1. The Hall–Kier alpha value is -2.35. The highest BCUT2D eigenvalue weighted by atomic mass is 35.5. The van der Waals surface area contributed by atoms with Gasteiger partial charge in [0.05, 0.1) is 6.54 Å². The Kier molecular flexibility index (Phi) is 8.42. The van der Waals surface area contributed by atoms with Crippen LogP contribution in [0.25, 0.3) is 11.4 Å². The highest BCUT2D eigenvalue weighted by Crippen LogP contribution is 2.23. The van der Waals surface area contributed by atoms with E-state index in [0.717, 1.165) is 59.1 Å². The lowest BCUT2D eigenvalue weighted by Gasteiger charge is -2.30. The first kappa shape index (κ1) is 23.8. The summed E-state index contributed by atoms with van der Waals surface area (Å²) in [4.78, 5) is 19.4. The lowest BCUT2D eigenvalue weighted by molar-refractivity contribution is -0.126. The fourth-order valence-electron chi connectivity index (χ4n) is 3.99. The van der Waals surface area contributed by atoms with Gasteiger partial charge < -0.3 is 9.84 Å². The van der Waals surface area contributed by atoms with E-state index < -0.39 is 0 Å². The van der Waals surface area contributed by atoms with Crippen molar-refractivity contribution < 1.29 is 9.32 Å². The van der Waals surface area contributed by atoms with Crippen molar-refractivity contribution in [3.63, 3.8) is 0 Å². The molecule has 2 heterocycles. The third-order valence-corrected chi connectivity index (χ3v) is 7.31. The number of benzene rings is 2. The molecule has 174 valence electrons. The maximum Gasteiger partial charge on any atom is 0.241 e. The van der Waals surface area contributed by atoms with Crippen LogP contribution in [0.15, 0.2) is 53.1 Å². The van der Waals surface area contributed by atoms with Gasteiger partial charge in [-0.05, 0) is 50.0 Å². The number of carbonyl (C=O) groups excluding carboxylic acids is 1. The SMILES string of the molecule is Cc1ccccc1-c1noc(CN2CCC(C(=O)NCCSCc3ccccc3Cl)CC2)n1. The molecule has 0 radical (unpaired) electrons. The van der Waals surface area contributed by atoms with Crippen LogP contribution >= 0.6 is 23.4 Å². The smallest absolute Gasteiger partial charge is 0.241 e. The van der Waals surface area contributed by atoms with E-state index in [2.05, 4.69) is 20.4 Å². The third-order valence-electron chi connectivity index (χ3n) is 5.93. The summed E-state index contributed by atoms with van der Waals surface area (Å²) >= 11 is 7.97. The van der Waals surface area contributed by atoms with E-state index in [0.29, 0.717) is 24.8 Å². The molecule has 4 rings (SSSR count). The van der Waals surface area contributed by atoms with Crippen LogP contribution in [0.5, 0.6) is 0 Å². The number of piperidine rings is 1. The van der Waals surface area contributed by atoms with Gasteiger partial charge in [-0.1, -0.05) is 59.2 Å². The number of rotatable bonds is 9. The van der Waals surface area contributed by atoms with Crippen molar-refractivity contribution in [1.82, 2.24) is 20.4 Å². The quantitative estimate of drug-likeness (QED) is 0.433. The molecule has 1 N–H and O–H groups in total. The Morgan fingerprint density at radius 2 is 1.94 bits per heavy atom. The number of likely N-dealkylation sites (tertiary alicyclic amines) is 1. The van der Waals surface area contributed by atoms with Gasteiger partial charge in [0.2, 0.25) is 17.6 Å². The monoisotopic (exact) mass is 484 g/mol. The predicted molar refractivity (Wildman–Crippen MR) is 133 cm³/mol. The molecule has 0 atom stereocenters. The van der Waals surface area contributed by atoms with Crippen molar-refractivity contribution in [3.05, 3.63) is 70.6 Å². The van der Waals surface area contributed by atoms with Crippen LogP contribution in [-0.2, 0) is 17.1 Å². The molecule has 1 fully saturated rings. The van der Waals surface area contributed by atoms with Crippen molar-refractivity contribution >= 4 is 29.3 Å². The second kappa shape index (κ2) is 11.7. The summed E-state index contributed by atoms with van der Waals surface area (Å²) in [6.07, 6.45) is 1.69. The van der Waals surface area contributed by atoms with Gasteiger partial charge >= 0.3 is 0 Å². The summed E-state index contributed by atoms with van der Waals surface area (Å²) in [6.45, 7) is 5.03. The first-order valence-corrected chi connectivity index (χ1v) is 12.8. The minimum atomic E-state index is 0.0695. The minimum Gasteiger partial charge on any atom is -0.355 e. The summed E-state index contributed by atoms with van der Waals surface area (Å²) in [7, 11) is 0. The molecule has 3 aromatic rings. The van der Waals surface area contributed by atoms with Gasteiger partial charge in [0.1, 0.15) is 0 Å². The number of nitrogens with zero attached hydrogens (tertiary/aromatic N) is 3. The Labute approximate surface area is 204 Å². The van der Waals surface area contributed by atoms with Gasteiger partial charge in [0.25, 0.3) is 0 Å². The van der Waals surface area contributed by atoms with Crippen LogP contribution in [0.2, 0.25) is 5.02 Å². The summed E-state index contributed by atoms with van der Waals surface area (Å²) in [5, 5.41) is 8.03. The number of hydrogen-bond acceptors (Lipinski definition) is 6. The molecule has 1 aliphatic heterocycles. The summed E-state index contributed by atoms with van der Waals surface area (Å²) < 4.78 is 5.47. The van der Waals surface area contributed by atoms with Crippen LogP contribution in [0.4, 0.5) is 0 Å². The molecule has 0 aliphatic carbocycles. The highest BCUT2D eigenvalue weighted by molar-refractivity contribution is 7.98. The van der Waals surface area contributed by atoms with E-state index >= 15 is 0 Å². The zero-order chi connectivity index (χ0) is 23.0. The van der Waals surface area contributed by atoms with E-state index in [-0.39, 0.29) is 11.8 Å². The van der Waals surface area contributed by atoms with Gasteiger partial charge in [-0.2, -0.15) is 16.7 Å². The number of hydrogen-bond donors (Lipinski definition) is 1. The summed E-state index contributed by atoms with van der Waals surface area (Å²) in [6, 6.07) is 15.9. The van der Waals surface area contributed by atoms with Gasteiger partial charge in [-0.3, -0.25) is 9.69 Å². The largest absolute Gasteiger partial charge is 0.355 e. The van der Waals surface area contributed by atoms with E-state index in [1.165, 1.54) is 0 Å². The van der Waals surface area contributed by atoms with Gasteiger partial charge in [-0.15, -0.1) is 0 Å². The number of amides is 1. The molecule has 1 aliphatic rings. The average molecular weight is 485 g/mol. The Morgan fingerprint density at radius 3 is 2.73 bits per heavy atom. The van der Waals surface area contributed by atoms with Crippen LogP contribution in [0, 0.1) is 12.8 Å². The normalized spacial score (nSPS) is 15.0. The molecule has 0 unspecified atom stereocenters. The third kappa shape index (κ3) is 6.59. The highest BCUT2D eigenvalue weighted by Gasteiger charge is 2.25. The maximum absolute atomic E-state index is 12.5. The number of nitrogens with one attached hydrogen (secondary N) is 1. The number of carbonyl (C=O) groups is 1. The molecule has 2 aromatic carbocycles. The number of halogens is 1. The zero-order valence-corrected chi connectivity index (χ0v) is 20.4. The van der Waals surface area contributed by atoms with Gasteiger partial charge in [-0.25, -0.2) is 0 Å². The fraction of sp³-hybridized carbons (Fsp3) is 0.400. The zero-order valence-electron chi connectivity index (χ0n) is 18.8. The van der Waals surface area contributed by atoms with Crippen LogP contribution in [0.1, 0.15) is 29.9 Å². The Morgan fingerprint density at radius 1 is 1.18 bits per heavy atom. The number of thioether (sulfide) groups is 1. The Balaban J connectivity index is 1.15. The molecule has 0 spiro atoms. The van der Waals surface area contributed by atoms with Crippen molar-refractivity contribution in [1.29, 1.82) is 0 Å². The van der Waals surface area contributed by atoms with Crippen LogP contribution in [-0.4, -0.2) is 46.3 Å². The average Bonchev–Trinajstić information content (AvgIpc) is 3.29. The molecule has 0 saturated carbocycles. The van der Waals surface area contributed by atoms with Crippen LogP contribution in [0.3, 0.4) is 0 Å². The van der Waals surface area contributed by atoms with Crippen molar-refractivity contribution in [3.8, 4) is 11.4 Å². The summed E-state index contributed by atoms with van der Waals surface area (Å²) in [5.74, 6) is 3.20.